The predicted molar refractivity (Wildman–Crippen MR) is 133 cm³/mol. The SMILES string of the molecule is CC(C)Cc1cc(-c2ccc(Cn3ccnc3C(C)(C)C)cc2C#N)c(OC(=O)NS(=O)O)s1. The minimum absolute atomic E-state index is 0.115. The van der Waals surface area contributed by atoms with E-state index in [1.807, 2.05) is 30.5 Å². The predicted octanol–water partition coefficient (Wildman–Crippen LogP) is 5.25. The molecule has 0 bridgehead atoms. The second-order valence-electron chi connectivity index (χ2n) is 9.37. The van der Waals surface area contributed by atoms with Crippen LogP contribution >= 0.6 is 11.3 Å². The molecule has 1 aromatic carbocycles. The van der Waals surface area contributed by atoms with Gasteiger partial charge in [-0.05, 0) is 30.0 Å². The van der Waals surface area contributed by atoms with E-state index in [0.717, 1.165) is 22.7 Å². The van der Waals surface area contributed by atoms with Gasteiger partial charge in [0.05, 0.1) is 11.6 Å². The molecule has 10 heteroatoms. The third-order valence-corrected chi connectivity index (χ3v) is 6.32. The maximum absolute atomic E-state index is 12.0. The number of ether oxygens (including phenoxy) is 1. The summed E-state index contributed by atoms with van der Waals surface area (Å²) in [5, 5.41) is 10.2. The number of hydrogen-bond acceptors (Lipinski definition) is 6. The number of aromatic nitrogens is 2. The summed E-state index contributed by atoms with van der Waals surface area (Å²) in [4.78, 5) is 17.5. The first-order chi connectivity index (χ1) is 16.0. The Morgan fingerprint density at radius 3 is 2.68 bits per heavy atom. The summed E-state index contributed by atoms with van der Waals surface area (Å²) in [7, 11) is 0. The normalized spacial score (nSPS) is 12.4. The smallest absolute Gasteiger partial charge is 0.398 e. The van der Waals surface area contributed by atoms with Crippen LogP contribution in [0.2, 0.25) is 0 Å². The highest BCUT2D eigenvalue weighted by Gasteiger charge is 2.22. The number of imidazole rings is 1. The van der Waals surface area contributed by atoms with E-state index in [9.17, 15) is 14.3 Å². The molecular formula is C24H28N4O4S2. The Morgan fingerprint density at radius 1 is 1.32 bits per heavy atom. The van der Waals surface area contributed by atoms with E-state index in [1.54, 1.807) is 10.9 Å². The zero-order chi connectivity index (χ0) is 25.0. The lowest BCUT2D eigenvalue weighted by Gasteiger charge is -2.20. The first-order valence-corrected chi connectivity index (χ1v) is 12.7. The fourth-order valence-electron chi connectivity index (χ4n) is 3.66. The van der Waals surface area contributed by atoms with E-state index in [1.165, 1.54) is 11.3 Å². The van der Waals surface area contributed by atoms with Crippen molar-refractivity contribution in [2.75, 3.05) is 0 Å². The van der Waals surface area contributed by atoms with Crippen molar-refractivity contribution in [2.24, 2.45) is 5.92 Å². The lowest BCUT2D eigenvalue weighted by atomic mass is 9.95. The molecule has 2 heterocycles. The van der Waals surface area contributed by atoms with E-state index in [-0.39, 0.29) is 10.5 Å². The quantitative estimate of drug-likeness (QED) is 0.428. The molecule has 0 aliphatic rings. The van der Waals surface area contributed by atoms with Gasteiger partial charge in [0.2, 0.25) is 0 Å². The molecule has 34 heavy (non-hydrogen) atoms. The Bertz CT molecular complexity index is 1250. The molecular weight excluding hydrogens is 472 g/mol. The van der Waals surface area contributed by atoms with Crippen molar-refractivity contribution in [2.45, 2.75) is 53.0 Å². The molecule has 0 fully saturated rings. The number of benzene rings is 1. The van der Waals surface area contributed by atoms with E-state index in [2.05, 4.69) is 50.2 Å². The minimum Gasteiger partial charge on any atom is -0.398 e. The van der Waals surface area contributed by atoms with Crippen molar-refractivity contribution in [3.63, 3.8) is 0 Å². The van der Waals surface area contributed by atoms with Gasteiger partial charge in [-0.25, -0.2) is 18.7 Å². The van der Waals surface area contributed by atoms with Crippen LogP contribution in [-0.4, -0.2) is 24.4 Å². The number of carbonyl (C=O) groups is 1. The zero-order valence-electron chi connectivity index (χ0n) is 19.8. The minimum atomic E-state index is -2.54. The topological polar surface area (TPSA) is 117 Å². The number of amides is 1. The highest BCUT2D eigenvalue weighted by atomic mass is 32.2. The molecule has 0 aliphatic carbocycles. The van der Waals surface area contributed by atoms with Crippen LogP contribution < -0.4 is 9.46 Å². The lowest BCUT2D eigenvalue weighted by Crippen LogP contribution is -2.28. The summed E-state index contributed by atoms with van der Waals surface area (Å²) in [6, 6.07) is 9.78. The molecule has 1 amide bonds. The van der Waals surface area contributed by atoms with Gasteiger partial charge in [0.15, 0.2) is 5.06 Å². The molecule has 0 spiro atoms. The van der Waals surface area contributed by atoms with Crippen molar-refractivity contribution in [3.05, 3.63) is 58.5 Å². The van der Waals surface area contributed by atoms with Gasteiger partial charge in [0.1, 0.15) is 5.82 Å². The molecule has 1 unspecified atom stereocenters. The Morgan fingerprint density at radius 2 is 2.06 bits per heavy atom. The lowest BCUT2D eigenvalue weighted by molar-refractivity contribution is 0.208. The highest BCUT2D eigenvalue weighted by Crippen LogP contribution is 2.41. The Kier molecular flexibility index (Phi) is 7.92. The van der Waals surface area contributed by atoms with Gasteiger partial charge < -0.3 is 9.30 Å². The fourth-order valence-corrected chi connectivity index (χ4v) is 5.07. The zero-order valence-corrected chi connectivity index (χ0v) is 21.4. The van der Waals surface area contributed by atoms with E-state index < -0.39 is 17.4 Å². The number of carbonyl (C=O) groups excluding carboxylic acids is 1. The molecule has 0 aliphatic heterocycles. The molecule has 1 atom stereocenters. The van der Waals surface area contributed by atoms with Gasteiger partial charge in [0, 0.05) is 40.4 Å². The van der Waals surface area contributed by atoms with Gasteiger partial charge in [0.25, 0.3) is 11.3 Å². The molecule has 3 rings (SSSR count). The van der Waals surface area contributed by atoms with Crippen LogP contribution in [0, 0.1) is 17.2 Å². The standard InChI is InChI=1S/C24H28N4O4S2/c1-15(2)10-18-12-20(21(33-18)32-23(29)27-34(30)31)19-7-6-16(11-17(19)13-25)14-28-9-8-26-22(28)24(3,4)5/h6-9,11-12,15H,10,14H2,1-5H3,(H,27,29)(H,30,31). The van der Waals surface area contributed by atoms with Crippen molar-refractivity contribution in [1.82, 2.24) is 14.3 Å². The average Bonchev–Trinajstić information content (AvgIpc) is 3.33. The van der Waals surface area contributed by atoms with E-state index in [0.29, 0.717) is 29.2 Å². The van der Waals surface area contributed by atoms with Crippen LogP contribution in [0.5, 0.6) is 5.06 Å². The summed E-state index contributed by atoms with van der Waals surface area (Å²) in [6.07, 6.45) is 3.43. The summed E-state index contributed by atoms with van der Waals surface area (Å²) < 4.78 is 29.0. The highest BCUT2D eigenvalue weighted by molar-refractivity contribution is 7.77. The number of rotatable bonds is 7. The average molecular weight is 501 g/mol. The molecule has 0 radical (unpaired) electrons. The summed E-state index contributed by atoms with van der Waals surface area (Å²) in [5.41, 5.74) is 2.50. The fraction of sp³-hybridized carbons (Fsp3) is 0.375. The summed E-state index contributed by atoms with van der Waals surface area (Å²) in [6.45, 7) is 11.0. The molecule has 180 valence electrons. The van der Waals surface area contributed by atoms with Gasteiger partial charge in [-0.1, -0.05) is 46.8 Å². The largest absolute Gasteiger partial charge is 0.427 e. The second-order valence-corrected chi connectivity index (χ2v) is 11.2. The first-order valence-electron chi connectivity index (χ1n) is 10.7. The molecule has 2 aromatic heterocycles. The van der Waals surface area contributed by atoms with Crippen molar-refractivity contribution in [3.8, 4) is 22.3 Å². The Balaban J connectivity index is 1.98. The van der Waals surface area contributed by atoms with E-state index in [4.69, 9.17) is 9.29 Å². The van der Waals surface area contributed by atoms with Crippen LogP contribution in [0.4, 0.5) is 4.79 Å². The maximum atomic E-state index is 12.0. The number of hydrogen-bond donors (Lipinski definition) is 2. The Labute approximate surface area is 206 Å². The van der Waals surface area contributed by atoms with Crippen LogP contribution in [0.1, 0.15) is 56.4 Å². The van der Waals surface area contributed by atoms with Crippen LogP contribution in [0.15, 0.2) is 36.7 Å². The first kappa shape index (κ1) is 25.6. The Hall–Kier alpha value is -3.00. The van der Waals surface area contributed by atoms with Gasteiger partial charge in [-0.3, -0.25) is 4.55 Å². The summed E-state index contributed by atoms with van der Waals surface area (Å²) in [5.74, 6) is 1.33. The third kappa shape index (κ3) is 6.32. The van der Waals surface area contributed by atoms with Crippen LogP contribution in [0.3, 0.4) is 0 Å². The van der Waals surface area contributed by atoms with Crippen molar-refractivity contribution >= 4 is 28.7 Å². The molecule has 0 saturated carbocycles. The van der Waals surface area contributed by atoms with Gasteiger partial charge in [-0.15, -0.1) is 11.3 Å². The number of nitriles is 1. The van der Waals surface area contributed by atoms with Crippen molar-refractivity contribution < 1.29 is 18.3 Å². The molecule has 3 aromatic rings. The molecule has 0 saturated heterocycles. The second kappa shape index (κ2) is 10.5. The van der Waals surface area contributed by atoms with Crippen LogP contribution in [0.25, 0.3) is 11.1 Å². The maximum Gasteiger partial charge on any atom is 0.427 e. The monoisotopic (exact) mass is 500 g/mol. The van der Waals surface area contributed by atoms with Crippen molar-refractivity contribution in [1.29, 1.82) is 5.26 Å². The number of nitrogens with zero attached hydrogens (tertiary/aromatic N) is 3. The van der Waals surface area contributed by atoms with Gasteiger partial charge >= 0.3 is 6.09 Å². The number of nitrogens with one attached hydrogen (secondary N) is 1. The van der Waals surface area contributed by atoms with E-state index >= 15 is 0 Å². The molecule has 8 nitrogen and oxygen atoms in total. The third-order valence-electron chi connectivity index (χ3n) is 4.95. The molecule has 2 N–H and O–H groups in total. The summed E-state index contributed by atoms with van der Waals surface area (Å²) >= 11 is -1.25. The number of thiophene rings is 1. The van der Waals surface area contributed by atoms with Crippen LogP contribution in [-0.2, 0) is 29.6 Å². The van der Waals surface area contributed by atoms with Gasteiger partial charge in [-0.2, -0.15) is 5.26 Å².